The van der Waals surface area contributed by atoms with Crippen molar-refractivity contribution < 1.29 is 13.9 Å². The van der Waals surface area contributed by atoms with E-state index in [-0.39, 0.29) is 18.3 Å². The van der Waals surface area contributed by atoms with Gasteiger partial charge in [0.05, 0.1) is 0 Å². The predicted octanol–water partition coefficient (Wildman–Crippen LogP) is 3.32. The van der Waals surface area contributed by atoms with Gasteiger partial charge in [-0.25, -0.2) is 4.39 Å². The van der Waals surface area contributed by atoms with Crippen molar-refractivity contribution in [2.24, 2.45) is 7.05 Å². The Kier molecular flexibility index (Phi) is 4.51. The average molecular weight is 326 g/mol. The van der Waals surface area contributed by atoms with Crippen LogP contribution in [-0.4, -0.2) is 17.1 Å². The van der Waals surface area contributed by atoms with E-state index in [0.717, 1.165) is 22.2 Å². The highest BCUT2D eigenvalue weighted by molar-refractivity contribution is 5.86. The van der Waals surface area contributed by atoms with Crippen molar-refractivity contribution in [1.29, 1.82) is 0 Å². The molecule has 124 valence electrons. The Labute approximate surface area is 139 Å². The van der Waals surface area contributed by atoms with Gasteiger partial charge in [0.2, 0.25) is 0 Å². The van der Waals surface area contributed by atoms with Crippen LogP contribution in [0.25, 0.3) is 10.9 Å². The highest BCUT2D eigenvalue weighted by Gasteiger charge is 2.12. The van der Waals surface area contributed by atoms with Gasteiger partial charge in [-0.15, -0.1) is 0 Å². The lowest BCUT2D eigenvalue weighted by Crippen LogP contribution is -2.28. The highest BCUT2D eigenvalue weighted by atomic mass is 19.1. The summed E-state index contributed by atoms with van der Waals surface area (Å²) in [5.74, 6) is -0.294. The Morgan fingerprint density at radius 1 is 1.21 bits per heavy atom. The van der Waals surface area contributed by atoms with Gasteiger partial charge in [0, 0.05) is 36.3 Å². The lowest BCUT2D eigenvalue weighted by molar-refractivity contribution is -0.123. The maximum Gasteiger partial charge on any atom is 0.258 e. The number of halogens is 1. The minimum Gasteiger partial charge on any atom is -0.484 e. The fourth-order valence-corrected chi connectivity index (χ4v) is 2.77. The third-order valence-corrected chi connectivity index (χ3v) is 4.16. The van der Waals surface area contributed by atoms with E-state index < -0.39 is 0 Å². The van der Waals surface area contributed by atoms with Crippen molar-refractivity contribution in [2.45, 2.75) is 13.5 Å². The summed E-state index contributed by atoms with van der Waals surface area (Å²) < 4.78 is 20.5. The first kappa shape index (κ1) is 16.1. The molecule has 1 amide bonds. The van der Waals surface area contributed by atoms with Gasteiger partial charge < -0.3 is 14.6 Å². The molecule has 5 heteroatoms. The van der Waals surface area contributed by atoms with Gasteiger partial charge in [-0.2, -0.15) is 0 Å². The van der Waals surface area contributed by atoms with E-state index in [9.17, 15) is 9.18 Å². The van der Waals surface area contributed by atoms with Crippen LogP contribution in [0.5, 0.6) is 5.75 Å². The number of para-hydroxylation sites is 1. The third-order valence-electron chi connectivity index (χ3n) is 4.16. The van der Waals surface area contributed by atoms with E-state index in [1.165, 1.54) is 12.1 Å². The van der Waals surface area contributed by atoms with Gasteiger partial charge in [0.25, 0.3) is 5.91 Å². The summed E-state index contributed by atoms with van der Waals surface area (Å²) in [6.07, 6.45) is 0. The minimum atomic E-state index is -0.390. The molecule has 1 aromatic heterocycles. The number of hydrogen-bond donors (Lipinski definition) is 1. The lowest BCUT2D eigenvalue weighted by Gasteiger charge is -2.08. The summed E-state index contributed by atoms with van der Waals surface area (Å²) in [5, 5.41) is 3.99. The smallest absolute Gasteiger partial charge is 0.258 e. The molecule has 3 aromatic rings. The molecule has 2 aromatic carbocycles. The number of carbonyl (C=O) groups is 1. The van der Waals surface area contributed by atoms with Crippen LogP contribution < -0.4 is 10.1 Å². The van der Waals surface area contributed by atoms with Crippen LogP contribution in [0.1, 0.15) is 11.3 Å². The van der Waals surface area contributed by atoms with Crippen LogP contribution in [-0.2, 0) is 18.4 Å². The number of hydrogen-bond acceptors (Lipinski definition) is 2. The first-order chi connectivity index (χ1) is 11.6. The third kappa shape index (κ3) is 3.25. The zero-order valence-electron chi connectivity index (χ0n) is 13.7. The number of nitrogens with zero attached hydrogens (tertiary/aromatic N) is 1. The number of amides is 1. The predicted molar refractivity (Wildman–Crippen MR) is 91.4 cm³/mol. The van der Waals surface area contributed by atoms with Gasteiger partial charge in [-0.3, -0.25) is 4.79 Å². The van der Waals surface area contributed by atoms with Gasteiger partial charge in [-0.05, 0) is 30.7 Å². The largest absolute Gasteiger partial charge is 0.484 e. The van der Waals surface area contributed by atoms with Gasteiger partial charge >= 0.3 is 0 Å². The Balaban J connectivity index is 1.64. The van der Waals surface area contributed by atoms with E-state index >= 15 is 0 Å². The standard InChI is InChI=1S/C19H19FN2O2/c1-13-17(16-8-3-4-9-18(16)22(13)2)11-21-19(23)12-24-15-7-5-6-14(20)10-15/h3-10H,11-12H2,1-2H3,(H,21,23). The Hall–Kier alpha value is -2.82. The lowest BCUT2D eigenvalue weighted by atomic mass is 10.1. The Morgan fingerprint density at radius 2 is 2.00 bits per heavy atom. The van der Waals surface area contributed by atoms with Crippen LogP contribution >= 0.6 is 0 Å². The summed E-state index contributed by atoms with van der Waals surface area (Å²) >= 11 is 0. The quantitative estimate of drug-likeness (QED) is 0.781. The molecule has 0 spiro atoms. The molecule has 24 heavy (non-hydrogen) atoms. The Bertz CT molecular complexity index is 886. The number of aromatic nitrogens is 1. The van der Waals surface area contributed by atoms with Crippen molar-refractivity contribution in [3.05, 3.63) is 65.6 Å². The van der Waals surface area contributed by atoms with Crippen molar-refractivity contribution in [1.82, 2.24) is 9.88 Å². The molecule has 0 aliphatic carbocycles. The molecule has 0 saturated heterocycles. The highest BCUT2D eigenvalue weighted by Crippen LogP contribution is 2.24. The summed E-state index contributed by atoms with van der Waals surface area (Å²) in [5.41, 5.74) is 3.34. The summed E-state index contributed by atoms with van der Waals surface area (Å²) in [4.78, 5) is 12.0. The maximum atomic E-state index is 13.1. The van der Waals surface area contributed by atoms with E-state index in [0.29, 0.717) is 12.3 Å². The van der Waals surface area contributed by atoms with Gasteiger partial charge in [0.1, 0.15) is 11.6 Å². The van der Waals surface area contributed by atoms with Gasteiger partial charge in [0.15, 0.2) is 6.61 Å². The molecule has 1 N–H and O–H groups in total. The van der Waals surface area contributed by atoms with Crippen molar-refractivity contribution in [3.63, 3.8) is 0 Å². The fraction of sp³-hybridized carbons (Fsp3) is 0.211. The summed E-state index contributed by atoms with van der Waals surface area (Å²) in [6, 6.07) is 13.8. The van der Waals surface area contributed by atoms with Crippen LogP contribution in [0.4, 0.5) is 4.39 Å². The number of fused-ring (bicyclic) bond motifs is 1. The van der Waals surface area contributed by atoms with Crippen LogP contribution in [0.3, 0.4) is 0 Å². The molecule has 0 fully saturated rings. The number of aryl methyl sites for hydroxylation is 1. The molecule has 0 bridgehead atoms. The summed E-state index contributed by atoms with van der Waals surface area (Å²) in [6.45, 7) is 2.32. The molecule has 4 nitrogen and oxygen atoms in total. The fourth-order valence-electron chi connectivity index (χ4n) is 2.77. The zero-order valence-corrected chi connectivity index (χ0v) is 13.7. The Morgan fingerprint density at radius 3 is 2.79 bits per heavy atom. The number of benzene rings is 2. The molecular weight excluding hydrogens is 307 g/mol. The summed E-state index contributed by atoms with van der Waals surface area (Å²) in [7, 11) is 2.01. The van der Waals surface area contributed by atoms with Gasteiger partial charge in [-0.1, -0.05) is 24.3 Å². The second-order valence-corrected chi connectivity index (χ2v) is 5.66. The van der Waals surface area contributed by atoms with E-state index in [4.69, 9.17) is 4.74 Å². The molecule has 0 unspecified atom stereocenters. The number of carbonyl (C=O) groups excluding carboxylic acids is 1. The van der Waals surface area contributed by atoms with Crippen LogP contribution in [0, 0.1) is 12.7 Å². The molecular formula is C19H19FN2O2. The van der Waals surface area contributed by atoms with Crippen LogP contribution in [0.2, 0.25) is 0 Å². The molecule has 0 aliphatic rings. The molecule has 0 saturated carbocycles. The van der Waals surface area contributed by atoms with E-state index in [2.05, 4.69) is 16.0 Å². The zero-order chi connectivity index (χ0) is 17.1. The van der Waals surface area contributed by atoms with Crippen molar-refractivity contribution >= 4 is 16.8 Å². The first-order valence-corrected chi connectivity index (χ1v) is 7.74. The van der Waals surface area contributed by atoms with Crippen molar-refractivity contribution in [3.8, 4) is 5.75 Å². The first-order valence-electron chi connectivity index (χ1n) is 7.74. The average Bonchev–Trinajstić information content (AvgIpc) is 2.83. The normalized spacial score (nSPS) is 10.8. The van der Waals surface area contributed by atoms with E-state index in [1.54, 1.807) is 12.1 Å². The number of ether oxygens (including phenoxy) is 1. The van der Waals surface area contributed by atoms with E-state index in [1.807, 2.05) is 32.2 Å². The second-order valence-electron chi connectivity index (χ2n) is 5.66. The minimum absolute atomic E-state index is 0.146. The number of rotatable bonds is 5. The maximum absolute atomic E-state index is 13.1. The molecule has 0 radical (unpaired) electrons. The molecule has 3 rings (SSSR count). The second kappa shape index (κ2) is 6.74. The SMILES string of the molecule is Cc1c(CNC(=O)COc2cccc(F)c2)c2ccccc2n1C. The number of nitrogens with one attached hydrogen (secondary N) is 1. The van der Waals surface area contributed by atoms with Crippen LogP contribution in [0.15, 0.2) is 48.5 Å². The molecule has 0 atom stereocenters. The topological polar surface area (TPSA) is 43.3 Å². The molecule has 0 aliphatic heterocycles. The monoisotopic (exact) mass is 326 g/mol. The van der Waals surface area contributed by atoms with Crippen molar-refractivity contribution in [2.75, 3.05) is 6.61 Å². The molecule has 1 heterocycles.